The van der Waals surface area contributed by atoms with Gasteiger partial charge in [-0.2, -0.15) is 0 Å². The molecule has 0 aliphatic rings. The van der Waals surface area contributed by atoms with Crippen molar-refractivity contribution in [2.45, 2.75) is 6.92 Å². The molecule has 1 unspecified atom stereocenters. The summed E-state index contributed by atoms with van der Waals surface area (Å²) in [6.45, 7) is 3.33. The minimum Gasteiger partial charge on any atom is -0.350 e. The minimum absolute atomic E-state index is 0.0778. The highest BCUT2D eigenvalue weighted by Gasteiger charge is 2.17. The normalized spacial score (nSPS) is 12.2. The molecule has 0 bridgehead atoms. The number of nitrogens with zero attached hydrogens (tertiary/aromatic N) is 2. The summed E-state index contributed by atoms with van der Waals surface area (Å²) in [4.78, 5) is 21.9. The van der Waals surface area contributed by atoms with Gasteiger partial charge in [0.15, 0.2) is 0 Å². The van der Waals surface area contributed by atoms with E-state index in [9.17, 15) is 14.9 Å². The van der Waals surface area contributed by atoms with E-state index < -0.39 is 4.92 Å². The third-order valence-corrected chi connectivity index (χ3v) is 2.60. The highest BCUT2D eigenvalue weighted by molar-refractivity contribution is 5.93. The van der Waals surface area contributed by atoms with Crippen LogP contribution in [0.15, 0.2) is 12.3 Å². The summed E-state index contributed by atoms with van der Waals surface area (Å²) in [6, 6.07) is 1.28. The van der Waals surface area contributed by atoms with Crippen LogP contribution in [0.1, 0.15) is 17.4 Å². The van der Waals surface area contributed by atoms with Crippen LogP contribution < -0.4 is 10.6 Å². The van der Waals surface area contributed by atoms with Crippen LogP contribution in [0.3, 0.4) is 0 Å². The second-order valence-corrected chi connectivity index (χ2v) is 4.32. The van der Waals surface area contributed by atoms with Crippen LogP contribution in [-0.4, -0.2) is 35.5 Å². The van der Waals surface area contributed by atoms with Crippen LogP contribution in [0.2, 0.25) is 0 Å². The molecule has 0 spiro atoms. The second kappa shape index (κ2) is 6.15. The van der Waals surface area contributed by atoms with Gasteiger partial charge in [-0.15, -0.1) is 0 Å². The monoisotopic (exact) mass is 254 g/mol. The van der Waals surface area contributed by atoms with Gasteiger partial charge in [0.1, 0.15) is 5.69 Å². The lowest BCUT2D eigenvalue weighted by Gasteiger charge is -2.11. The maximum Gasteiger partial charge on any atom is 0.287 e. The van der Waals surface area contributed by atoms with Crippen molar-refractivity contribution in [1.82, 2.24) is 15.2 Å². The molecule has 1 atom stereocenters. The molecule has 7 heteroatoms. The van der Waals surface area contributed by atoms with Gasteiger partial charge in [-0.05, 0) is 19.5 Å². The van der Waals surface area contributed by atoms with Crippen molar-refractivity contribution in [3.63, 3.8) is 0 Å². The van der Waals surface area contributed by atoms with Gasteiger partial charge >= 0.3 is 0 Å². The molecule has 7 nitrogen and oxygen atoms in total. The lowest BCUT2D eigenvalue weighted by Crippen LogP contribution is -2.33. The predicted octanol–water partition coefficient (Wildman–Crippen LogP) is 0.519. The van der Waals surface area contributed by atoms with Crippen LogP contribution in [0, 0.1) is 16.0 Å². The Hall–Kier alpha value is -1.89. The number of nitro groups is 1. The molecule has 0 saturated carbocycles. The Kier molecular flexibility index (Phi) is 4.85. The molecular formula is C11H18N4O3. The average molecular weight is 254 g/mol. The Morgan fingerprint density at radius 1 is 1.56 bits per heavy atom. The quantitative estimate of drug-likeness (QED) is 0.572. The number of hydrogen-bond acceptors (Lipinski definition) is 4. The number of nitrogens with one attached hydrogen (secondary N) is 2. The van der Waals surface area contributed by atoms with Gasteiger partial charge in [0, 0.05) is 19.7 Å². The lowest BCUT2D eigenvalue weighted by molar-refractivity contribution is -0.384. The van der Waals surface area contributed by atoms with Crippen LogP contribution in [-0.2, 0) is 7.05 Å². The van der Waals surface area contributed by atoms with E-state index >= 15 is 0 Å². The number of rotatable bonds is 6. The number of hydrogen-bond donors (Lipinski definition) is 2. The summed E-state index contributed by atoms with van der Waals surface area (Å²) in [6.07, 6.45) is 1.33. The summed E-state index contributed by atoms with van der Waals surface area (Å²) >= 11 is 0. The number of amides is 1. The van der Waals surface area contributed by atoms with Crippen LogP contribution in [0.5, 0.6) is 0 Å². The fourth-order valence-corrected chi connectivity index (χ4v) is 1.65. The van der Waals surface area contributed by atoms with E-state index in [-0.39, 0.29) is 11.6 Å². The number of carbonyl (C=O) groups is 1. The topological polar surface area (TPSA) is 89.2 Å². The number of aromatic nitrogens is 1. The predicted molar refractivity (Wildman–Crippen MR) is 67.5 cm³/mol. The lowest BCUT2D eigenvalue weighted by atomic mass is 10.2. The van der Waals surface area contributed by atoms with Gasteiger partial charge in [-0.25, -0.2) is 0 Å². The fraction of sp³-hybridized carbons (Fsp3) is 0.545. The zero-order valence-electron chi connectivity index (χ0n) is 10.8. The van der Waals surface area contributed by atoms with E-state index in [2.05, 4.69) is 10.6 Å². The van der Waals surface area contributed by atoms with Crippen molar-refractivity contribution in [3.8, 4) is 0 Å². The molecule has 1 rings (SSSR count). The molecule has 1 heterocycles. The van der Waals surface area contributed by atoms with E-state index in [0.29, 0.717) is 18.2 Å². The molecule has 1 amide bonds. The molecule has 2 N–H and O–H groups in total. The maximum absolute atomic E-state index is 11.8. The molecular weight excluding hydrogens is 236 g/mol. The molecule has 1 aromatic rings. The molecule has 100 valence electrons. The summed E-state index contributed by atoms with van der Waals surface area (Å²) in [7, 11) is 3.46. The van der Waals surface area contributed by atoms with E-state index in [1.54, 1.807) is 7.05 Å². The van der Waals surface area contributed by atoms with Gasteiger partial charge in [0.05, 0.1) is 11.1 Å². The standard InChI is InChI=1S/C11H18N4O3/c1-8(5-12-2)6-13-11(16)10-4-9(15(17)18)7-14(10)3/h4,7-8,12H,5-6H2,1-3H3,(H,13,16). The van der Waals surface area contributed by atoms with E-state index in [0.717, 1.165) is 6.54 Å². The van der Waals surface area contributed by atoms with E-state index in [1.807, 2.05) is 14.0 Å². The Morgan fingerprint density at radius 3 is 2.72 bits per heavy atom. The second-order valence-electron chi connectivity index (χ2n) is 4.32. The van der Waals surface area contributed by atoms with Gasteiger partial charge < -0.3 is 15.2 Å². The Bertz CT molecular complexity index is 441. The van der Waals surface area contributed by atoms with Crippen molar-refractivity contribution in [2.75, 3.05) is 20.1 Å². The van der Waals surface area contributed by atoms with Crippen molar-refractivity contribution in [3.05, 3.63) is 28.1 Å². The van der Waals surface area contributed by atoms with Crippen molar-refractivity contribution in [2.24, 2.45) is 13.0 Å². The first-order chi connectivity index (χ1) is 8.45. The van der Waals surface area contributed by atoms with Crippen molar-refractivity contribution in [1.29, 1.82) is 0 Å². The first-order valence-corrected chi connectivity index (χ1v) is 5.69. The highest BCUT2D eigenvalue weighted by Crippen LogP contribution is 2.14. The first kappa shape index (κ1) is 14.2. The summed E-state index contributed by atoms with van der Waals surface area (Å²) in [5, 5.41) is 16.4. The number of carbonyl (C=O) groups excluding carboxylic acids is 1. The van der Waals surface area contributed by atoms with E-state index in [1.165, 1.54) is 16.8 Å². The third kappa shape index (κ3) is 3.56. The van der Waals surface area contributed by atoms with Crippen molar-refractivity contribution >= 4 is 11.6 Å². The Labute approximate surface area is 105 Å². The van der Waals surface area contributed by atoms with Crippen LogP contribution in [0.4, 0.5) is 5.69 Å². The Morgan fingerprint density at radius 2 is 2.22 bits per heavy atom. The number of aryl methyl sites for hydroxylation is 1. The molecule has 0 aliphatic heterocycles. The molecule has 1 aromatic heterocycles. The molecule has 0 radical (unpaired) electrons. The summed E-state index contributed by atoms with van der Waals surface area (Å²) < 4.78 is 1.45. The van der Waals surface area contributed by atoms with E-state index in [4.69, 9.17) is 0 Å². The zero-order valence-corrected chi connectivity index (χ0v) is 10.8. The molecule has 0 fully saturated rings. The van der Waals surface area contributed by atoms with Crippen molar-refractivity contribution < 1.29 is 9.72 Å². The Balaban J connectivity index is 2.64. The SMILES string of the molecule is CNCC(C)CNC(=O)c1cc([N+](=O)[O-])cn1C. The molecule has 18 heavy (non-hydrogen) atoms. The molecule has 0 saturated heterocycles. The molecule has 0 aliphatic carbocycles. The summed E-state index contributed by atoms with van der Waals surface area (Å²) in [5.74, 6) is 0.00255. The third-order valence-electron chi connectivity index (χ3n) is 2.60. The largest absolute Gasteiger partial charge is 0.350 e. The molecule has 0 aromatic carbocycles. The zero-order chi connectivity index (χ0) is 13.7. The fourth-order valence-electron chi connectivity index (χ4n) is 1.65. The van der Waals surface area contributed by atoms with Gasteiger partial charge in [-0.1, -0.05) is 6.92 Å². The van der Waals surface area contributed by atoms with Gasteiger partial charge in [-0.3, -0.25) is 14.9 Å². The maximum atomic E-state index is 11.8. The van der Waals surface area contributed by atoms with Gasteiger partial charge in [0.25, 0.3) is 11.6 Å². The average Bonchev–Trinajstić information content (AvgIpc) is 2.69. The highest BCUT2D eigenvalue weighted by atomic mass is 16.6. The first-order valence-electron chi connectivity index (χ1n) is 5.69. The van der Waals surface area contributed by atoms with Crippen LogP contribution >= 0.6 is 0 Å². The minimum atomic E-state index is -0.513. The summed E-state index contributed by atoms with van der Waals surface area (Å²) in [5.41, 5.74) is 0.212. The smallest absolute Gasteiger partial charge is 0.287 e. The van der Waals surface area contributed by atoms with Gasteiger partial charge in [0.2, 0.25) is 0 Å². The van der Waals surface area contributed by atoms with Crippen LogP contribution in [0.25, 0.3) is 0 Å².